The molecule has 3 rings (SSSR count). The van der Waals surface area contributed by atoms with Crippen LogP contribution in [0.2, 0.25) is 0 Å². The van der Waals surface area contributed by atoms with Crippen molar-refractivity contribution in [1.29, 1.82) is 0 Å². The van der Waals surface area contributed by atoms with E-state index in [1.807, 2.05) is 7.05 Å². The van der Waals surface area contributed by atoms with Crippen molar-refractivity contribution in [3.05, 3.63) is 11.6 Å². The van der Waals surface area contributed by atoms with Crippen LogP contribution in [0, 0.1) is 5.92 Å². The third kappa shape index (κ3) is 5.65. The molecule has 1 aromatic heterocycles. The first-order valence-electron chi connectivity index (χ1n) is 10.3. The second-order valence-corrected chi connectivity index (χ2v) is 7.88. The minimum atomic E-state index is 0.494. The molecular formula is C19H35N7O. The molecule has 0 spiro atoms. The molecule has 1 saturated heterocycles. The zero-order valence-corrected chi connectivity index (χ0v) is 17.1. The summed E-state index contributed by atoms with van der Waals surface area (Å²) in [7, 11) is 1.82. The van der Waals surface area contributed by atoms with Crippen LogP contribution in [0.5, 0.6) is 0 Å². The zero-order valence-electron chi connectivity index (χ0n) is 17.1. The molecule has 1 aromatic rings. The third-order valence-electron chi connectivity index (χ3n) is 5.38. The molecule has 1 atom stereocenters. The van der Waals surface area contributed by atoms with Gasteiger partial charge in [0, 0.05) is 45.7 Å². The summed E-state index contributed by atoms with van der Waals surface area (Å²) in [6, 6.07) is 0.494. The molecule has 1 fully saturated rings. The van der Waals surface area contributed by atoms with Gasteiger partial charge in [-0.3, -0.25) is 9.89 Å². The Hall–Kier alpha value is -1.67. The van der Waals surface area contributed by atoms with E-state index in [0.29, 0.717) is 18.5 Å². The van der Waals surface area contributed by atoms with E-state index >= 15 is 0 Å². The summed E-state index contributed by atoms with van der Waals surface area (Å²) < 4.78 is 7.76. The van der Waals surface area contributed by atoms with Crippen LogP contribution >= 0.6 is 0 Å². The maximum Gasteiger partial charge on any atom is 0.191 e. The smallest absolute Gasteiger partial charge is 0.191 e. The van der Waals surface area contributed by atoms with Crippen molar-refractivity contribution in [1.82, 2.24) is 30.3 Å². The predicted octanol–water partition coefficient (Wildman–Crippen LogP) is 1.03. The summed E-state index contributed by atoms with van der Waals surface area (Å²) in [6.45, 7) is 10.8. The number of aliphatic imine (C=N–C) groups is 1. The molecule has 152 valence electrons. The van der Waals surface area contributed by atoms with Gasteiger partial charge >= 0.3 is 0 Å². The molecule has 3 heterocycles. The highest BCUT2D eigenvalue weighted by atomic mass is 16.5. The molecule has 0 saturated carbocycles. The molecular weight excluding hydrogens is 342 g/mol. The van der Waals surface area contributed by atoms with Crippen LogP contribution in [-0.4, -0.2) is 71.6 Å². The van der Waals surface area contributed by atoms with Crippen LogP contribution in [-0.2, 0) is 24.2 Å². The van der Waals surface area contributed by atoms with Gasteiger partial charge in [0.2, 0.25) is 0 Å². The summed E-state index contributed by atoms with van der Waals surface area (Å²) in [5.41, 5.74) is 0. The Balaban J connectivity index is 1.51. The van der Waals surface area contributed by atoms with Crippen LogP contribution < -0.4 is 10.6 Å². The van der Waals surface area contributed by atoms with Gasteiger partial charge in [-0.25, -0.2) is 0 Å². The number of morpholine rings is 1. The third-order valence-corrected chi connectivity index (χ3v) is 5.38. The number of hydrogen-bond donors (Lipinski definition) is 2. The summed E-state index contributed by atoms with van der Waals surface area (Å²) in [6.07, 6.45) is 4.63. The molecule has 2 aliphatic heterocycles. The second-order valence-electron chi connectivity index (χ2n) is 7.88. The maximum absolute atomic E-state index is 5.51. The topological polar surface area (TPSA) is 79.6 Å². The number of fused-ring (bicyclic) bond motifs is 1. The van der Waals surface area contributed by atoms with E-state index in [1.54, 1.807) is 0 Å². The van der Waals surface area contributed by atoms with E-state index in [0.717, 1.165) is 63.4 Å². The fraction of sp³-hybridized carbons (Fsp3) is 0.842. The Kier molecular flexibility index (Phi) is 7.46. The summed E-state index contributed by atoms with van der Waals surface area (Å²) >= 11 is 0. The lowest BCUT2D eigenvalue weighted by Crippen LogP contribution is -2.51. The zero-order chi connectivity index (χ0) is 19.1. The molecule has 0 bridgehead atoms. The number of nitrogens with one attached hydrogen (secondary N) is 2. The molecule has 0 amide bonds. The summed E-state index contributed by atoms with van der Waals surface area (Å²) in [5.74, 6) is 3.60. The average molecular weight is 378 g/mol. The van der Waals surface area contributed by atoms with Gasteiger partial charge in [-0.1, -0.05) is 13.8 Å². The van der Waals surface area contributed by atoms with Crippen molar-refractivity contribution in [2.24, 2.45) is 10.9 Å². The first-order valence-corrected chi connectivity index (χ1v) is 10.3. The van der Waals surface area contributed by atoms with Crippen molar-refractivity contribution in [2.75, 3.05) is 39.9 Å². The number of ether oxygens (including phenoxy) is 1. The fourth-order valence-electron chi connectivity index (χ4n) is 3.95. The normalized spacial score (nSPS) is 19.8. The van der Waals surface area contributed by atoms with Gasteiger partial charge in [0.25, 0.3) is 0 Å². The maximum atomic E-state index is 5.51. The van der Waals surface area contributed by atoms with E-state index in [-0.39, 0.29) is 0 Å². The highest BCUT2D eigenvalue weighted by Gasteiger charge is 2.22. The van der Waals surface area contributed by atoms with Crippen LogP contribution in [0.25, 0.3) is 0 Å². The Bertz CT molecular complexity index is 607. The molecule has 8 heteroatoms. The lowest BCUT2D eigenvalue weighted by atomic mass is 10.0. The van der Waals surface area contributed by atoms with E-state index in [4.69, 9.17) is 4.74 Å². The highest BCUT2D eigenvalue weighted by Crippen LogP contribution is 2.14. The molecule has 27 heavy (non-hydrogen) atoms. The van der Waals surface area contributed by atoms with Crippen LogP contribution in [0.4, 0.5) is 0 Å². The Labute approximate surface area is 162 Å². The van der Waals surface area contributed by atoms with Crippen molar-refractivity contribution in [3.8, 4) is 0 Å². The molecule has 0 aromatic carbocycles. The Morgan fingerprint density at radius 2 is 1.96 bits per heavy atom. The highest BCUT2D eigenvalue weighted by molar-refractivity contribution is 5.79. The Morgan fingerprint density at radius 1 is 1.15 bits per heavy atom. The number of aromatic nitrogens is 3. The molecule has 8 nitrogen and oxygen atoms in total. The average Bonchev–Trinajstić information content (AvgIpc) is 3.11. The first-order chi connectivity index (χ1) is 13.2. The molecule has 1 unspecified atom stereocenters. The number of aryl methyl sites for hydroxylation is 1. The number of nitrogens with zero attached hydrogens (tertiary/aromatic N) is 5. The number of rotatable bonds is 7. The van der Waals surface area contributed by atoms with E-state index in [9.17, 15) is 0 Å². The Morgan fingerprint density at radius 3 is 2.70 bits per heavy atom. The van der Waals surface area contributed by atoms with Gasteiger partial charge in [0.1, 0.15) is 5.82 Å². The van der Waals surface area contributed by atoms with Crippen LogP contribution in [0.1, 0.15) is 44.8 Å². The van der Waals surface area contributed by atoms with Gasteiger partial charge in [-0.15, -0.1) is 10.2 Å². The number of guanidine groups is 1. The van der Waals surface area contributed by atoms with Crippen molar-refractivity contribution >= 4 is 5.96 Å². The van der Waals surface area contributed by atoms with E-state index < -0.39 is 0 Å². The van der Waals surface area contributed by atoms with Gasteiger partial charge in [0.15, 0.2) is 11.8 Å². The molecule has 0 radical (unpaired) electrons. The molecule has 2 N–H and O–H groups in total. The SMILES string of the molecule is CN=C(NCc1nnc2n1CCCC2)NCC(CC(C)C)N1CCOCC1. The fourth-order valence-corrected chi connectivity index (χ4v) is 3.95. The van der Waals surface area contributed by atoms with Crippen LogP contribution in [0.15, 0.2) is 4.99 Å². The minimum absolute atomic E-state index is 0.494. The molecule has 2 aliphatic rings. The van der Waals surface area contributed by atoms with Gasteiger partial charge in [-0.05, 0) is 25.2 Å². The molecule has 0 aliphatic carbocycles. The van der Waals surface area contributed by atoms with Gasteiger partial charge in [0.05, 0.1) is 19.8 Å². The quantitative estimate of drug-likeness (QED) is 0.546. The number of hydrogen-bond acceptors (Lipinski definition) is 5. The van der Waals surface area contributed by atoms with E-state index in [1.165, 1.54) is 19.3 Å². The summed E-state index contributed by atoms with van der Waals surface area (Å²) in [4.78, 5) is 6.93. The minimum Gasteiger partial charge on any atom is -0.379 e. The first kappa shape index (κ1) is 20.1. The van der Waals surface area contributed by atoms with Gasteiger partial charge < -0.3 is 19.9 Å². The monoisotopic (exact) mass is 377 g/mol. The summed E-state index contributed by atoms with van der Waals surface area (Å²) in [5, 5.41) is 15.6. The lowest BCUT2D eigenvalue weighted by Gasteiger charge is -2.35. The van der Waals surface area contributed by atoms with Crippen molar-refractivity contribution in [3.63, 3.8) is 0 Å². The largest absolute Gasteiger partial charge is 0.379 e. The van der Waals surface area contributed by atoms with Crippen molar-refractivity contribution < 1.29 is 4.74 Å². The van der Waals surface area contributed by atoms with Crippen molar-refractivity contribution in [2.45, 2.75) is 58.7 Å². The second kappa shape index (κ2) is 10.0. The standard InChI is InChI=1S/C19H35N7O/c1-15(2)12-16(25-8-10-27-11-9-25)13-21-19(20-3)22-14-18-24-23-17-6-4-5-7-26(17)18/h15-16H,4-14H2,1-3H3,(H2,20,21,22). The van der Waals surface area contributed by atoms with E-state index in [2.05, 4.69) is 49.1 Å². The predicted molar refractivity (Wildman–Crippen MR) is 107 cm³/mol. The lowest BCUT2D eigenvalue weighted by molar-refractivity contribution is 0.0132. The van der Waals surface area contributed by atoms with Gasteiger partial charge in [-0.2, -0.15) is 0 Å². The van der Waals surface area contributed by atoms with Crippen LogP contribution in [0.3, 0.4) is 0 Å².